The summed E-state index contributed by atoms with van der Waals surface area (Å²) in [6.07, 6.45) is 2.02. The smallest absolute Gasteiger partial charge is 0.414 e. The van der Waals surface area contributed by atoms with Crippen LogP contribution in [0.4, 0.5) is 10.5 Å². The van der Waals surface area contributed by atoms with Crippen molar-refractivity contribution in [3.8, 4) is 5.69 Å². The van der Waals surface area contributed by atoms with Crippen molar-refractivity contribution in [1.82, 2.24) is 14.5 Å². The van der Waals surface area contributed by atoms with Crippen LogP contribution in [0.5, 0.6) is 0 Å². The van der Waals surface area contributed by atoms with Gasteiger partial charge in [-0.05, 0) is 63.1 Å². The maximum Gasteiger partial charge on any atom is 0.414 e. The Morgan fingerprint density at radius 1 is 1.27 bits per heavy atom. The average molecular weight is 352 g/mol. The molecule has 0 saturated heterocycles. The highest BCUT2D eigenvalue weighted by atomic mass is 16.6. The Kier molecular flexibility index (Phi) is 3.61. The van der Waals surface area contributed by atoms with Gasteiger partial charge in [0.25, 0.3) is 0 Å². The quantitative estimate of drug-likeness (QED) is 0.730. The first-order valence-corrected chi connectivity index (χ1v) is 8.53. The van der Waals surface area contributed by atoms with Gasteiger partial charge in [0.05, 0.1) is 16.9 Å². The molecule has 0 bridgehead atoms. The van der Waals surface area contributed by atoms with Crippen LogP contribution in [0, 0.1) is 0 Å². The Balaban J connectivity index is 1.72. The fourth-order valence-electron chi connectivity index (χ4n) is 3.21. The summed E-state index contributed by atoms with van der Waals surface area (Å²) in [6, 6.07) is 9.21. The van der Waals surface area contributed by atoms with Crippen molar-refractivity contribution < 1.29 is 9.53 Å². The number of benzene rings is 1. The molecule has 0 saturated carbocycles. The van der Waals surface area contributed by atoms with Gasteiger partial charge in [0.1, 0.15) is 5.60 Å². The van der Waals surface area contributed by atoms with Crippen molar-refractivity contribution in [3.05, 3.63) is 52.6 Å². The third-order valence-electron chi connectivity index (χ3n) is 4.27. The molecule has 7 nitrogen and oxygen atoms in total. The normalized spacial score (nSPS) is 13.9. The summed E-state index contributed by atoms with van der Waals surface area (Å²) in [5.41, 5.74) is 3.05. The molecule has 1 N–H and O–H groups in total. The molecule has 0 radical (unpaired) electrons. The van der Waals surface area contributed by atoms with Crippen molar-refractivity contribution in [1.29, 1.82) is 0 Å². The number of amides is 1. The predicted molar refractivity (Wildman–Crippen MR) is 99.0 cm³/mol. The van der Waals surface area contributed by atoms with Crippen molar-refractivity contribution in [2.75, 3.05) is 11.4 Å². The van der Waals surface area contributed by atoms with Crippen LogP contribution in [-0.4, -0.2) is 32.8 Å². The van der Waals surface area contributed by atoms with Gasteiger partial charge >= 0.3 is 11.8 Å². The van der Waals surface area contributed by atoms with Crippen molar-refractivity contribution in [2.24, 2.45) is 0 Å². The van der Waals surface area contributed by atoms with Crippen LogP contribution in [0.3, 0.4) is 0 Å². The van der Waals surface area contributed by atoms with Gasteiger partial charge in [-0.25, -0.2) is 19.1 Å². The minimum Gasteiger partial charge on any atom is -0.443 e. The van der Waals surface area contributed by atoms with E-state index in [1.54, 1.807) is 21.7 Å². The summed E-state index contributed by atoms with van der Waals surface area (Å²) in [4.78, 5) is 33.5. The third-order valence-corrected chi connectivity index (χ3v) is 4.27. The number of pyridine rings is 1. The number of fused-ring (bicyclic) bond motifs is 2. The Morgan fingerprint density at radius 3 is 2.85 bits per heavy atom. The fourth-order valence-corrected chi connectivity index (χ4v) is 3.21. The highest BCUT2D eigenvalue weighted by molar-refractivity contribution is 5.91. The van der Waals surface area contributed by atoms with Gasteiger partial charge in [0.15, 0.2) is 5.65 Å². The van der Waals surface area contributed by atoms with Crippen LogP contribution in [0.1, 0.15) is 26.3 Å². The summed E-state index contributed by atoms with van der Waals surface area (Å²) in [5.74, 6) is 0. The number of carbonyl (C=O) groups is 1. The molecule has 2 aromatic heterocycles. The summed E-state index contributed by atoms with van der Waals surface area (Å²) < 4.78 is 7.02. The second kappa shape index (κ2) is 5.72. The van der Waals surface area contributed by atoms with E-state index >= 15 is 0 Å². The van der Waals surface area contributed by atoms with Gasteiger partial charge in [-0.3, -0.25) is 4.90 Å². The van der Waals surface area contributed by atoms with E-state index in [0.717, 1.165) is 16.9 Å². The van der Waals surface area contributed by atoms with Gasteiger partial charge < -0.3 is 9.72 Å². The number of H-pyrrole nitrogens is 1. The number of ether oxygens (including phenoxy) is 1. The van der Waals surface area contributed by atoms with E-state index < -0.39 is 5.60 Å². The van der Waals surface area contributed by atoms with Crippen molar-refractivity contribution >= 4 is 22.9 Å². The molecule has 3 aromatic rings. The first-order valence-electron chi connectivity index (χ1n) is 8.53. The van der Waals surface area contributed by atoms with Gasteiger partial charge in [-0.1, -0.05) is 0 Å². The van der Waals surface area contributed by atoms with E-state index in [9.17, 15) is 9.59 Å². The number of hydrogen-bond acceptors (Lipinski definition) is 4. The van der Waals surface area contributed by atoms with E-state index in [4.69, 9.17) is 4.74 Å². The molecule has 1 aliphatic rings. The molecule has 0 aliphatic carbocycles. The van der Waals surface area contributed by atoms with Crippen LogP contribution in [0.15, 0.2) is 41.3 Å². The monoisotopic (exact) mass is 352 g/mol. The van der Waals surface area contributed by atoms with Crippen LogP contribution in [0.25, 0.3) is 16.9 Å². The number of aromatic amines is 1. The van der Waals surface area contributed by atoms with Crippen LogP contribution in [-0.2, 0) is 11.2 Å². The first-order chi connectivity index (χ1) is 12.3. The van der Waals surface area contributed by atoms with Crippen molar-refractivity contribution in [3.63, 3.8) is 0 Å². The van der Waals surface area contributed by atoms with E-state index in [0.29, 0.717) is 24.1 Å². The molecule has 0 fully saturated rings. The Bertz CT molecular complexity index is 1060. The lowest BCUT2D eigenvalue weighted by atomic mass is 10.1. The maximum atomic E-state index is 12.4. The van der Waals surface area contributed by atoms with E-state index in [-0.39, 0.29) is 11.8 Å². The highest BCUT2D eigenvalue weighted by Gasteiger charge is 2.29. The molecule has 134 valence electrons. The summed E-state index contributed by atoms with van der Waals surface area (Å²) in [7, 11) is 0. The molecule has 26 heavy (non-hydrogen) atoms. The number of imidazole rings is 1. The molecule has 1 aromatic carbocycles. The van der Waals surface area contributed by atoms with Gasteiger partial charge in [-0.15, -0.1) is 0 Å². The second-order valence-corrected chi connectivity index (χ2v) is 7.34. The molecular weight excluding hydrogens is 332 g/mol. The number of hydrogen-bond donors (Lipinski definition) is 1. The lowest BCUT2D eigenvalue weighted by molar-refractivity contribution is 0.0584. The number of nitrogens with one attached hydrogen (secondary N) is 1. The molecule has 0 unspecified atom stereocenters. The summed E-state index contributed by atoms with van der Waals surface area (Å²) >= 11 is 0. The number of rotatable bonds is 1. The lowest BCUT2D eigenvalue weighted by Gasteiger charge is -2.24. The number of nitrogens with zero attached hydrogens (tertiary/aromatic N) is 3. The number of anilines is 1. The average Bonchev–Trinajstić information content (AvgIpc) is 3.12. The topological polar surface area (TPSA) is 80.2 Å². The molecule has 4 rings (SSSR count). The van der Waals surface area contributed by atoms with Crippen LogP contribution >= 0.6 is 0 Å². The zero-order valence-corrected chi connectivity index (χ0v) is 14.9. The summed E-state index contributed by atoms with van der Waals surface area (Å²) in [5, 5.41) is 0. The second-order valence-electron chi connectivity index (χ2n) is 7.34. The standard InChI is InChI=1S/C19H20N4O3/c1-19(2,3)26-18(25)22-10-8-12-11-13(6-7-15(12)22)23-16-14(21-17(23)24)5-4-9-20-16/h4-7,9,11H,8,10H2,1-3H3,(H,21,24). The maximum absolute atomic E-state index is 12.4. The molecule has 1 amide bonds. The zero-order valence-electron chi connectivity index (χ0n) is 14.9. The summed E-state index contributed by atoms with van der Waals surface area (Å²) in [6.45, 7) is 6.11. The molecule has 0 atom stereocenters. The third kappa shape index (κ3) is 2.75. The first kappa shape index (κ1) is 16.4. The van der Waals surface area contributed by atoms with Crippen LogP contribution in [0.2, 0.25) is 0 Å². The number of carbonyl (C=O) groups excluding carboxylic acids is 1. The van der Waals surface area contributed by atoms with Gasteiger partial charge in [0.2, 0.25) is 0 Å². The minimum atomic E-state index is -0.539. The Morgan fingerprint density at radius 2 is 2.08 bits per heavy atom. The SMILES string of the molecule is CC(C)(C)OC(=O)N1CCc2cc(-n3c(=O)[nH]c4cccnc43)ccc21. The molecule has 7 heteroatoms. The predicted octanol–water partition coefficient (Wildman–Crippen LogP) is 3.01. The van der Waals surface area contributed by atoms with E-state index in [2.05, 4.69) is 9.97 Å². The molecule has 0 spiro atoms. The lowest BCUT2D eigenvalue weighted by Crippen LogP contribution is -2.35. The van der Waals surface area contributed by atoms with Crippen molar-refractivity contribution in [2.45, 2.75) is 32.8 Å². The Labute approximate surface area is 150 Å². The fraction of sp³-hybridized carbons (Fsp3) is 0.316. The van der Waals surface area contributed by atoms with E-state index in [1.807, 2.05) is 45.0 Å². The molecule has 3 heterocycles. The molecule has 1 aliphatic heterocycles. The highest BCUT2D eigenvalue weighted by Crippen LogP contribution is 2.31. The minimum absolute atomic E-state index is 0.236. The molecular formula is C19H20N4O3. The zero-order chi connectivity index (χ0) is 18.5. The number of aromatic nitrogens is 3. The van der Waals surface area contributed by atoms with E-state index in [1.165, 1.54) is 0 Å². The Hall–Kier alpha value is -3.09. The van der Waals surface area contributed by atoms with Gasteiger partial charge in [0, 0.05) is 12.7 Å². The largest absolute Gasteiger partial charge is 0.443 e. The van der Waals surface area contributed by atoms with Gasteiger partial charge in [-0.2, -0.15) is 0 Å². The van der Waals surface area contributed by atoms with Crippen LogP contribution < -0.4 is 10.6 Å².